The van der Waals surface area contributed by atoms with Crippen molar-refractivity contribution in [3.8, 4) is 11.8 Å². The molecule has 0 bridgehead atoms. The first-order valence-electron chi connectivity index (χ1n) is 5.84. The zero-order valence-corrected chi connectivity index (χ0v) is 11.2. The number of carbonyl (C=O) groups excluding carboxylic acids is 1. The zero-order chi connectivity index (χ0) is 13.3. The van der Waals surface area contributed by atoms with E-state index in [0.29, 0.717) is 29.2 Å². The van der Waals surface area contributed by atoms with E-state index in [4.69, 9.17) is 16.3 Å². The highest BCUT2D eigenvalue weighted by atomic mass is 35.5. The van der Waals surface area contributed by atoms with Crippen LogP contribution < -0.4 is 4.74 Å². The fourth-order valence-corrected chi connectivity index (χ4v) is 2.62. The Kier molecular flexibility index (Phi) is 3.32. The van der Waals surface area contributed by atoms with Crippen molar-refractivity contribution >= 4 is 17.4 Å². The van der Waals surface area contributed by atoms with Crippen LogP contribution in [0.3, 0.4) is 0 Å². The van der Waals surface area contributed by atoms with Gasteiger partial charge in [0, 0.05) is 5.02 Å². The second kappa shape index (κ2) is 4.62. The van der Waals surface area contributed by atoms with E-state index in [1.165, 1.54) is 7.11 Å². The van der Waals surface area contributed by atoms with Gasteiger partial charge >= 0.3 is 0 Å². The first-order chi connectivity index (χ1) is 8.54. The molecule has 1 fully saturated rings. The SMILES string of the molecule is COc1c(C)cc(Cl)cc1C(=O)C1(C#N)CCC1. The summed E-state index contributed by atoms with van der Waals surface area (Å²) in [7, 11) is 1.52. The van der Waals surface area contributed by atoms with Crippen LogP contribution in [0.15, 0.2) is 12.1 Å². The lowest BCUT2D eigenvalue weighted by Gasteiger charge is -2.33. The molecule has 0 N–H and O–H groups in total. The molecule has 3 nitrogen and oxygen atoms in total. The van der Waals surface area contributed by atoms with Gasteiger partial charge in [-0.15, -0.1) is 0 Å². The standard InChI is InChI=1S/C14H14ClNO2/c1-9-6-10(15)7-11(12(9)18-2)13(17)14(8-16)4-3-5-14/h6-7H,3-5H2,1-2H3. The first kappa shape index (κ1) is 12.9. The summed E-state index contributed by atoms with van der Waals surface area (Å²) in [6, 6.07) is 5.49. The number of aryl methyl sites for hydroxylation is 1. The van der Waals surface area contributed by atoms with Crippen molar-refractivity contribution in [2.45, 2.75) is 26.2 Å². The van der Waals surface area contributed by atoms with Crippen molar-refractivity contribution in [2.24, 2.45) is 5.41 Å². The van der Waals surface area contributed by atoms with Gasteiger partial charge in [-0.25, -0.2) is 0 Å². The molecule has 1 saturated carbocycles. The average molecular weight is 264 g/mol. The maximum Gasteiger partial charge on any atom is 0.186 e. The van der Waals surface area contributed by atoms with E-state index in [1.54, 1.807) is 12.1 Å². The summed E-state index contributed by atoms with van der Waals surface area (Å²) in [6.07, 6.45) is 2.16. The Morgan fingerprint density at radius 3 is 2.61 bits per heavy atom. The smallest absolute Gasteiger partial charge is 0.186 e. The monoisotopic (exact) mass is 263 g/mol. The van der Waals surface area contributed by atoms with Crippen LogP contribution in [0, 0.1) is 23.7 Å². The minimum atomic E-state index is -0.871. The number of carbonyl (C=O) groups is 1. The summed E-state index contributed by atoms with van der Waals surface area (Å²) >= 11 is 5.99. The first-order valence-corrected chi connectivity index (χ1v) is 6.22. The van der Waals surface area contributed by atoms with Crippen molar-refractivity contribution in [3.63, 3.8) is 0 Å². The molecule has 0 spiro atoms. The molecule has 0 saturated heterocycles. The van der Waals surface area contributed by atoms with Crippen molar-refractivity contribution in [3.05, 3.63) is 28.3 Å². The summed E-state index contributed by atoms with van der Waals surface area (Å²) in [6.45, 7) is 1.83. The molecule has 4 heteroatoms. The third-order valence-electron chi connectivity index (χ3n) is 3.54. The van der Waals surface area contributed by atoms with E-state index in [9.17, 15) is 10.1 Å². The average Bonchev–Trinajstić information content (AvgIpc) is 2.27. The number of Topliss-reactive ketones (excluding diaryl/α,β-unsaturated/α-hetero) is 1. The minimum Gasteiger partial charge on any atom is -0.496 e. The van der Waals surface area contributed by atoms with Crippen LogP contribution in [0.4, 0.5) is 0 Å². The number of ketones is 1. The van der Waals surface area contributed by atoms with Crippen molar-refractivity contribution in [2.75, 3.05) is 7.11 Å². The van der Waals surface area contributed by atoms with Crippen molar-refractivity contribution in [1.82, 2.24) is 0 Å². The number of nitriles is 1. The highest BCUT2D eigenvalue weighted by Gasteiger charge is 2.45. The quantitative estimate of drug-likeness (QED) is 0.784. The highest BCUT2D eigenvalue weighted by Crippen LogP contribution is 2.45. The number of nitrogens with zero attached hydrogens (tertiary/aromatic N) is 1. The van der Waals surface area contributed by atoms with Gasteiger partial charge in [-0.3, -0.25) is 4.79 Å². The molecule has 94 valence electrons. The maximum absolute atomic E-state index is 12.5. The zero-order valence-electron chi connectivity index (χ0n) is 10.4. The van der Waals surface area contributed by atoms with E-state index < -0.39 is 5.41 Å². The molecule has 0 atom stereocenters. The molecule has 0 radical (unpaired) electrons. The molecule has 0 heterocycles. The van der Waals surface area contributed by atoms with Gasteiger partial charge in [0.25, 0.3) is 0 Å². The molecule has 0 unspecified atom stereocenters. The Morgan fingerprint density at radius 1 is 1.50 bits per heavy atom. The van der Waals surface area contributed by atoms with E-state index in [1.807, 2.05) is 6.92 Å². The number of halogens is 1. The number of ether oxygens (including phenoxy) is 1. The van der Waals surface area contributed by atoms with Gasteiger partial charge in [0.05, 0.1) is 18.7 Å². The van der Waals surface area contributed by atoms with E-state index in [0.717, 1.165) is 12.0 Å². The van der Waals surface area contributed by atoms with Crippen LogP contribution >= 0.6 is 11.6 Å². The Hall–Kier alpha value is -1.53. The molecule has 2 rings (SSSR count). The van der Waals surface area contributed by atoms with Crippen LogP contribution in [-0.4, -0.2) is 12.9 Å². The number of hydrogen-bond acceptors (Lipinski definition) is 3. The van der Waals surface area contributed by atoms with Crippen LogP contribution in [0.25, 0.3) is 0 Å². The van der Waals surface area contributed by atoms with Crippen LogP contribution in [0.1, 0.15) is 35.2 Å². The molecule has 1 aromatic rings. The summed E-state index contributed by atoms with van der Waals surface area (Å²) in [5.41, 5.74) is 0.356. The Labute approximate surface area is 111 Å². The lowest BCUT2D eigenvalue weighted by Crippen LogP contribution is -2.36. The molecular formula is C14H14ClNO2. The van der Waals surface area contributed by atoms with Crippen LogP contribution in [0.5, 0.6) is 5.75 Å². The summed E-state index contributed by atoms with van der Waals surface area (Å²) in [5, 5.41) is 9.72. The number of rotatable bonds is 3. The lowest BCUT2D eigenvalue weighted by molar-refractivity contribution is 0.0745. The van der Waals surface area contributed by atoms with Gasteiger partial charge in [0.2, 0.25) is 0 Å². The fraction of sp³-hybridized carbons (Fsp3) is 0.429. The van der Waals surface area contributed by atoms with E-state index in [2.05, 4.69) is 6.07 Å². The number of benzene rings is 1. The normalized spacial score (nSPS) is 16.6. The molecule has 0 aromatic heterocycles. The van der Waals surface area contributed by atoms with Gasteiger partial charge in [-0.2, -0.15) is 5.26 Å². The van der Waals surface area contributed by atoms with Gasteiger partial charge in [-0.1, -0.05) is 11.6 Å². The molecular weight excluding hydrogens is 250 g/mol. The molecule has 1 aliphatic carbocycles. The molecule has 1 aromatic carbocycles. The van der Waals surface area contributed by atoms with Gasteiger partial charge in [0.15, 0.2) is 5.78 Å². The van der Waals surface area contributed by atoms with Crippen molar-refractivity contribution in [1.29, 1.82) is 5.26 Å². The van der Waals surface area contributed by atoms with Gasteiger partial charge < -0.3 is 4.74 Å². The number of methoxy groups -OCH3 is 1. The third kappa shape index (κ3) is 1.87. The topological polar surface area (TPSA) is 50.1 Å². The molecule has 0 aliphatic heterocycles. The van der Waals surface area contributed by atoms with Crippen molar-refractivity contribution < 1.29 is 9.53 Å². The highest BCUT2D eigenvalue weighted by molar-refractivity contribution is 6.31. The molecule has 1 aliphatic rings. The van der Waals surface area contributed by atoms with Gasteiger partial charge in [-0.05, 0) is 43.9 Å². The summed E-state index contributed by atoms with van der Waals surface area (Å²) in [5.74, 6) is 0.352. The van der Waals surface area contributed by atoms with Crippen LogP contribution in [-0.2, 0) is 0 Å². The Morgan fingerprint density at radius 2 is 2.17 bits per heavy atom. The van der Waals surface area contributed by atoms with E-state index in [-0.39, 0.29) is 5.78 Å². The predicted octanol–water partition coefficient (Wildman–Crippen LogP) is 3.53. The lowest BCUT2D eigenvalue weighted by atomic mass is 9.65. The molecule has 0 amide bonds. The second-order valence-corrected chi connectivity index (χ2v) is 5.12. The summed E-state index contributed by atoms with van der Waals surface area (Å²) in [4.78, 5) is 12.5. The minimum absolute atomic E-state index is 0.168. The predicted molar refractivity (Wildman–Crippen MR) is 69.0 cm³/mol. The summed E-state index contributed by atoms with van der Waals surface area (Å²) < 4.78 is 5.27. The second-order valence-electron chi connectivity index (χ2n) is 4.68. The van der Waals surface area contributed by atoms with E-state index >= 15 is 0 Å². The van der Waals surface area contributed by atoms with Gasteiger partial charge in [0.1, 0.15) is 11.2 Å². The maximum atomic E-state index is 12.5. The fourth-order valence-electron chi connectivity index (χ4n) is 2.35. The van der Waals surface area contributed by atoms with Crippen LogP contribution in [0.2, 0.25) is 5.02 Å². The number of hydrogen-bond donors (Lipinski definition) is 0. The third-order valence-corrected chi connectivity index (χ3v) is 3.76. The Bertz CT molecular complexity index is 541. The Balaban J connectivity index is 2.51. The largest absolute Gasteiger partial charge is 0.496 e. The molecule has 18 heavy (non-hydrogen) atoms.